The predicted molar refractivity (Wildman–Crippen MR) is 98.4 cm³/mol. The quantitative estimate of drug-likeness (QED) is 0.835. The Bertz CT molecular complexity index is 730. The van der Waals surface area contributed by atoms with Crippen molar-refractivity contribution in [2.75, 3.05) is 33.2 Å². The Kier molecular flexibility index (Phi) is 4.80. The van der Waals surface area contributed by atoms with Crippen LogP contribution >= 0.6 is 11.6 Å². The minimum absolute atomic E-state index is 0.445. The summed E-state index contributed by atoms with van der Waals surface area (Å²) in [5, 5.41) is 4.81. The lowest BCUT2D eigenvalue weighted by atomic mass is 9.74. The minimum atomic E-state index is 0.445. The summed E-state index contributed by atoms with van der Waals surface area (Å²) in [6.45, 7) is 5.42. The van der Waals surface area contributed by atoms with Crippen molar-refractivity contribution in [3.05, 3.63) is 35.2 Å². The maximum absolute atomic E-state index is 6.05. The fourth-order valence-electron chi connectivity index (χ4n) is 4.49. The van der Waals surface area contributed by atoms with Gasteiger partial charge in [-0.15, -0.1) is 0 Å². The first-order chi connectivity index (χ1) is 12.1. The molecule has 134 valence electrons. The zero-order valence-electron chi connectivity index (χ0n) is 14.7. The monoisotopic (exact) mass is 360 g/mol. The third-order valence-electron chi connectivity index (χ3n) is 5.50. The SMILES string of the molecule is CN1CCC[C@]2(CCCN(Cc3nc(-c4cccc(Cl)c4)no3)C2)C1. The fraction of sp³-hybridized carbons (Fsp3) is 0.579. The Labute approximate surface area is 153 Å². The Balaban J connectivity index is 1.44. The zero-order chi connectivity index (χ0) is 17.3. The van der Waals surface area contributed by atoms with E-state index in [9.17, 15) is 0 Å². The smallest absolute Gasteiger partial charge is 0.241 e. The third-order valence-corrected chi connectivity index (χ3v) is 5.74. The Morgan fingerprint density at radius 3 is 2.84 bits per heavy atom. The summed E-state index contributed by atoms with van der Waals surface area (Å²) >= 11 is 6.05. The normalized spacial score (nSPS) is 25.5. The van der Waals surface area contributed by atoms with Gasteiger partial charge in [-0.3, -0.25) is 4.90 Å². The summed E-state index contributed by atoms with van der Waals surface area (Å²) in [7, 11) is 2.25. The summed E-state index contributed by atoms with van der Waals surface area (Å²) in [5.74, 6) is 1.30. The molecule has 1 atom stereocenters. The molecule has 3 heterocycles. The average Bonchev–Trinajstić information content (AvgIpc) is 3.03. The molecule has 0 saturated carbocycles. The van der Waals surface area contributed by atoms with E-state index in [1.54, 1.807) is 0 Å². The summed E-state index contributed by atoms with van der Waals surface area (Å²) < 4.78 is 5.50. The largest absolute Gasteiger partial charge is 0.338 e. The predicted octanol–water partition coefficient (Wildman–Crippen LogP) is 3.70. The number of rotatable bonds is 3. The molecule has 1 spiro atoms. The van der Waals surface area contributed by atoms with Crippen LogP contribution < -0.4 is 0 Å². The highest BCUT2D eigenvalue weighted by atomic mass is 35.5. The number of piperidine rings is 2. The first kappa shape index (κ1) is 17.0. The van der Waals surface area contributed by atoms with E-state index in [2.05, 4.69) is 27.0 Å². The van der Waals surface area contributed by atoms with Gasteiger partial charge in [0.25, 0.3) is 0 Å². The van der Waals surface area contributed by atoms with Crippen LogP contribution in [0.1, 0.15) is 31.6 Å². The van der Waals surface area contributed by atoms with Crippen LogP contribution in [0.25, 0.3) is 11.4 Å². The topological polar surface area (TPSA) is 45.4 Å². The number of hydrogen-bond acceptors (Lipinski definition) is 5. The lowest BCUT2D eigenvalue weighted by Gasteiger charge is -2.47. The average molecular weight is 361 g/mol. The van der Waals surface area contributed by atoms with E-state index in [1.807, 2.05) is 24.3 Å². The molecule has 25 heavy (non-hydrogen) atoms. The van der Waals surface area contributed by atoms with Gasteiger partial charge in [-0.05, 0) is 63.4 Å². The molecule has 2 aliphatic rings. The van der Waals surface area contributed by atoms with Crippen LogP contribution in [0.15, 0.2) is 28.8 Å². The van der Waals surface area contributed by atoms with Gasteiger partial charge in [-0.1, -0.05) is 28.9 Å². The second-order valence-electron chi connectivity index (χ2n) is 7.68. The number of aromatic nitrogens is 2. The van der Waals surface area contributed by atoms with Crippen LogP contribution in [-0.2, 0) is 6.54 Å². The molecule has 1 aromatic carbocycles. The molecule has 4 rings (SSSR count). The van der Waals surface area contributed by atoms with E-state index in [0.717, 1.165) is 25.2 Å². The molecule has 0 radical (unpaired) electrons. The fourth-order valence-corrected chi connectivity index (χ4v) is 4.68. The van der Waals surface area contributed by atoms with Gasteiger partial charge in [0, 0.05) is 23.7 Å². The Hall–Kier alpha value is -1.43. The first-order valence-corrected chi connectivity index (χ1v) is 9.49. The molecule has 0 N–H and O–H groups in total. The van der Waals surface area contributed by atoms with Crippen molar-refractivity contribution >= 4 is 11.6 Å². The van der Waals surface area contributed by atoms with E-state index >= 15 is 0 Å². The number of hydrogen-bond donors (Lipinski definition) is 0. The number of benzene rings is 1. The molecule has 6 heteroatoms. The lowest BCUT2D eigenvalue weighted by molar-refractivity contribution is 0.0160. The van der Waals surface area contributed by atoms with Gasteiger partial charge in [0.05, 0.1) is 6.54 Å². The van der Waals surface area contributed by atoms with Gasteiger partial charge < -0.3 is 9.42 Å². The Morgan fingerprint density at radius 2 is 2.04 bits per heavy atom. The van der Waals surface area contributed by atoms with Crippen LogP contribution in [-0.4, -0.2) is 53.2 Å². The molecule has 2 fully saturated rings. The van der Waals surface area contributed by atoms with Crippen LogP contribution in [0, 0.1) is 5.41 Å². The van der Waals surface area contributed by atoms with Crippen molar-refractivity contribution in [2.45, 2.75) is 32.2 Å². The standard InChI is InChI=1S/C19H25ClN4O/c1-23-9-3-7-19(13-23)8-4-10-24(14-19)12-17-21-18(22-25-17)15-5-2-6-16(20)11-15/h2,5-6,11H,3-4,7-10,12-14H2,1H3/t19-/m0/s1. The lowest BCUT2D eigenvalue weighted by Crippen LogP contribution is -2.51. The molecule has 2 aromatic rings. The minimum Gasteiger partial charge on any atom is -0.338 e. The molecule has 0 unspecified atom stereocenters. The zero-order valence-corrected chi connectivity index (χ0v) is 15.5. The van der Waals surface area contributed by atoms with Gasteiger partial charge in [0.15, 0.2) is 0 Å². The highest BCUT2D eigenvalue weighted by Gasteiger charge is 2.38. The molecule has 0 aliphatic carbocycles. The highest BCUT2D eigenvalue weighted by Crippen LogP contribution is 2.38. The maximum Gasteiger partial charge on any atom is 0.241 e. The number of likely N-dealkylation sites (tertiary alicyclic amines) is 2. The van der Waals surface area contributed by atoms with Gasteiger partial charge in [-0.25, -0.2) is 0 Å². The Morgan fingerprint density at radius 1 is 1.20 bits per heavy atom. The van der Waals surface area contributed by atoms with Crippen molar-refractivity contribution in [2.24, 2.45) is 5.41 Å². The van der Waals surface area contributed by atoms with E-state index in [0.29, 0.717) is 22.2 Å². The van der Waals surface area contributed by atoms with Crippen LogP contribution in [0.3, 0.4) is 0 Å². The summed E-state index contributed by atoms with van der Waals surface area (Å²) in [4.78, 5) is 9.54. The van der Waals surface area contributed by atoms with Crippen LogP contribution in [0.2, 0.25) is 5.02 Å². The van der Waals surface area contributed by atoms with Gasteiger partial charge in [0.1, 0.15) is 0 Å². The number of nitrogens with zero attached hydrogens (tertiary/aromatic N) is 4. The van der Waals surface area contributed by atoms with E-state index in [1.165, 1.54) is 38.8 Å². The maximum atomic E-state index is 6.05. The number of halogens is 1. The van der Waals surface area contributed by atoms with Crippen molar-refractivity contribution in [1.82, 2.24) is 19.9 Å². The highest BCUT2D eigenvalue weighted by molar-refractivity contribution is 6.30. The summed E-state index contributed by atoms with van der Waals surface area (Å²) in [6.07, 6.45) is 5.24. The van der Waals surface area contributed by atoms with E-state index < -0.39 is 0 Å². The van der Waals surface area contributed by atoms with Crippen LogP contribution in [0.5, 0.6) is 0 Å². The molecule has 0 amide bonds. The summed E-state index contributed by atoms with van der Waals surface area (Å²) in [6, 6.07) is 7.57. The third kappa shape index (κ3) is 3.89. The molecular formula is C19H25ClN4O. The molecule has 2 saturated heterocycles. The van der Waals surface area contributed by atoms with Gasteiger partial charge >= 0.3 is 0 Å². The van der Waals surface area contributed by atoms with Crippen molar-refractivity contribution in [3.63, 3.8) is 0 Å². The van der Waals surface area contributed by atoms with Gasteiger partial charge in [-0.2, -0.15) is 4.98 Å². The molecule has 1 aromatic heterocycles. The van der Waals surface area contributed by atoms with Crippen LogP contribution in [0.4, 0.5) is 0 Å². The molecule has 2 aliphatic heterocycles. The van der Waals surface area contributed by atoms with E-state index in [-0.39, 0.29) is 0 Å². The van der Waals surface area contributed by atoms with Gasteiger partial charge in [0.2, 0.25) is 11.7 Å². The van der Waals surface area contributed by atoms with Crippen molar-refractivity contribution < 1.29 is 4.52 Å². The molecular weight excluding hydrogens is 336 g/mol. The van der Waals surface area contributed by atoms with Crippen molar-refractivity contribution in [3.8, 4) is 11.4 Å². The summed E-state index contributed by atoms with van der Waals surface area (Å²) in [5.41, 5.74) is 1.34. The van der Waals surface area contributed by atoms with E-state index in [4.69, 9.17) is 16.1 Å². The molecule has 5 nitrogen and oxygen atoms in total. The second kappa shape index (κ2) is 7.06. The molecule has 0 bridgehead atoms. The second-order valence-corrected chi connectivity index (χ2v) is 8.11. The first-order valence-electron chi connectivity index (χ1n) is 9.11. The van der Waals surface area contributed by atoms with Crippen molar-refractivity contribution in [1.29, 1.82) is 0 Å².